The molecule has 0 saturated heterocycles. The molecule has 0 radical (unpaired) electrons. The van der Waals surface area contributed by atoms with Crippen molar-refractivity contribution in [3.63, 3.8) is 0 Å². The Morgan fingerprint density at radius 3 is 2.69 bits per heavy atom. The highest BCUT2D eigenvalue weighted by molar-refractivity contribution is 7.16. The number of hydrogen-bond donors (Lipinski definition) is 2. The van der Waals surface area contributed by atoms with Gasteiger partial charge in [0.1, 0.15) is 16.3 Å². The number of nitrogens with one attached hydrogen (secondary N) is 1. The van der Waals surface area contributed by atoms with Gasteiger partial charge in [-0.1, -0.05) is 0 Å². The first kappa shape index (κ1) is 12.9. The summed E-state index contributed by atoms with van der Waals surface area (Å²) in [5.74, 6) is 0. The fraction of sp³-hybridized carbons (Fsp3) is 0.600. The van der Waals surface area contributed by atoms with Crippen LogP contribution in [0.3, 0.4) is 0 Å². The number of rotatable bonds is 2. The number of thiazole rings is 1. The van der Waals surface area contributed by atoms with Crippen molar-refractivity contribution in [3.05, 3.63) is 10.7 Å². The molecule has 6 heteroatoms. The summed E-state index contributed by atoms with van der Waals surface area (Å²) in [5.41, 5.74) is -0.0724. The number of carbonyl (C=O) groups excluding carboxylic acids is 1. The van der Waals surface area contributed by atoms with E-state index in [9.17, 15) is 4.79 Å². The van der Waals surface area contributed by atoms with E-state index in [1.807, 2.05) is 6.92 Å². The van der Waals surface area contributed by atoms with Crippen LogP contribution in [0.4, 0.5) is 9.80 Å². The number of ether oxygens (including phenoxy) is 1. The van der Waals surface area contributed by atoms with E-state index >= 15 is 0 Å². The van der Waals surface area contributed by atoms with E-state index < -0.39 is 11.7 Å². The molecular weight excluding hydrogens is 228 g/mol. The molecule has 0 aliphatic rings. The molecule has 0 unspecified atom stereocenters. The number of nitrogens with zero attached hydrogens (tertiary/aromatic N) is 1. The zero-order valence-corrected chi connectivity index (χ0v) is 10.6. The van der Waals surface area contributed by atoms with Gasteiger partial charge in [0, 0.05) is 0 Å². The van der Waals surface area contributed by atoms with Crippen LogP contribution in [0.15, 0.2) is 0 Å². The van der Waals surface area contributed by atoms with Crippen LogP contribution in [0.25, 0.3) is 0 Å². The Kier molecular flexibility index (Phi) is 3.88. The predicted octanol–water partition coefficient (Wildman–Crippen LogP) is 2.29. The van der Waals surface area contributed by atoms with Gasteiger partial charge < -0.3 is 9.84 Å². The summed E-state index contributed by atoms with van der Waals surface area (Å²) in [7, 11) is 0. The Balaban J connectivity index is 2.69. The second-order valence-electron chi connectivity index (χ2n) is 4.29. The number of aliphatic hydroxyl groups is 1. The summed E-state index contributed by atoms with van der Waals surface area (Å²) in [6.45, 7) is 6.98. The summed E-state index contributed by atoms with van der Waals surface area (Å²) in [5, 5.41) is 12.9. The van der Waals surface area contributed by atoms with E-state index in [1.54, 1.807) is 20.8 Å². The molecule has 0 atom stereocenters. The van der Waals surface area contributed by atoms with Gasteiger partial charge in [-0.25, -0.2) is 9.78 Å². The van der Waals surface area contributed by atoms with Crippen LogP contribution in [0, 0.1) is 6.92 Å². The smallest absolute Gasteiger partial charge is 0.412 e. The van der Waals surface area contributed by atoms with Crippen LogP contribution < -0.4 is 5.32 Å². The largest absolute Gasteiger partial charge is 0.444 e. The molecule has 1 heterocycles. The van der Waals surface area contributed by atoms with Gasteiger partial charge in [-0.05, 0) is 27.7 Å². The molecule has 1 aromatic heterocycles. The molecule has 0 saturated carbocycles. The van der Waals surface area contributed by atoms with Crippen LogP contribution in [-0.4, -0.2) is 21.8 Å². The Morgan fingerprint density at radius 2 is 2.19 bits per heavy atom. The van der Waals surface area contributed by atoms with Gasteiger partial charge in [0.2, 0.25) is 0 Å². The lowest BCUT2D eigenvalue weighted by Gasteiger charge is -2.19. The monoisotopic (exact) mass is 244 g/mol. The summed E-state index contributed by atoms with van der Waals surface area (Å²) in [6.07, 6.45) is -0.536. The van der Waals surface area contributed by atoms with Crippen molar-refractivity contribution in [2.75, 3.05) is 5.32 Å². The van der Waals surface area contributed by atoms with Crippen molar-refractivity contribution in [3.8, 4) is 0 Å². The SMILES string of the molecule is Cc1nc(CO)c(NC(=O)OC(C)(C)C)s1. The lowest BCUT2D eigenvalue weighted by Crippen LogP contribution is -2.27. The van der Waals surface area contributed by atoms with Gasteiger partial charge >= 0.3 is 6.09 Å². The Morgan fingerprint density at radius 1 is 1.56 bits per heavy atom. The van der Waals surface area contributed by atoms with Gasteiger partial charge in [-0.2, -0.15) is 0 Å². The Hall–Kier alpha value is -1.14. The van der Waals surface area contributed by atoms with E-state index in [1.165, 1.54) is 11.3 Å². The molecule has 0 fully saturated rings. The second kappa shape index (κ2) is 4.80. The molecule has 1 aromatic rings. The first-order valence-electron chi connectivity index (χ1n) is 4.89. The number of carbonyl (C=O) groups is 1. The van der Waals surface area contributed by atoms with Crippen LogP contribution in [0.2, 0.25) is 0 Å². The molecule has 0 spiro atoms. The molecule has 1 amide bonds. The molecule has 0 aliphatic carbocycles. The minimum absolute atomic E-state index is 0.199. The molecule has 0 aromatic carbocycles. The van der Waals surface area contributed by atoms with Crippen LogP contribution in [-0.2, 0) is 11.3 Å². The molecule has 90 valence electrons. The van der Waals surface area contributed by atoms with Crippen LogP contribution in [0.5, 0.6) is 0 Å². The maximum absolute atomic E-state index is 11.5. The Labute approximate surface area is 98.5 Å². The normalized spacial score (nSPS) is 11.3. The number of anilines is 1. The van der Waals surface area contributed by atoms with E-state index in [0.717, 1.165) is 5.01 Å². The minimum Gasteiger partial charge on any atom is -0.444 e. The molecule has 5 nitrogen and oxygen atoms in total. The molecule has 0 bridgehead atoms. The zero-order valence-electron chi connectivity index (χ0n) is 9.83. The maximum Gasteiger partial charge on any atom is 0.412 e. The van der Waals surface area contributed by atoms with Gasteiger partial charge in [-0.15, -0.1) is 11.3 Å². The number of hydrogen-bond acceptors (Lipinski definition) is 5. The lowest BCUT2D eigenvalue weighted by atomic mass is 10.2. The van der Waals surface area contributed by atoms with E-state index in [2.05, 4.69) is 10.3 Å². The van der Waals surface area contributed by atoms with Crippen molar-refractivity contribution < 1.29 is 14.6 Å². The molecule has 1 rings (SSSR count). The zero-order chi connectivity index (χ0) is 12.3. The van der Waals surface area contributed by atoms with Crippen molar-refractivity contribution in [1.29, 1.82) is 0 Å². The van der Waals surface area contributed by atoms with Crippen molar-refractivity contribution in [2.24, 2.45) is 0 Å². The summed E-state index contributed by atoms with van der Waals surface area (Å²) >= 11 is 1.31. The van der Waals surface area contributed by atoms with Gasteiger partial charge in [0.05, 0.1) is 11.6 Å². The van der Waals surface area contributed by atoms with E-state index in [0.29, 0.717) is 10.7 Å². The first-order chi connectivity index (χ1) is 7.31. The van der Waals surface area contributed by atoms with Crippen molar-refractivity contribution >= 4 is 22.4 Å². The summed E-state index contributed by atoms with van der Waals surface area (Å²) in [4.78, 5) is 15.5. The van der Waals surface area contributed by atoms with Gasteiger partial charge in [0.15, 0.2) is 0 Å². The fourth-order valence-electron chi connectivity index (χ4n) is 1.07. The number of aryl methyl sites for hydroxylation is 1. The number of aliphatic hydroxyl groups excluding tert-OH is 1. The quantitative estimate of drug-likeness (QED) is 0.837. The third-order valence-corrected chi connectivity index (χ3v) is 2.50. The average molecular weight is 244 g/mol. The molecular formula is C10H16N2O3S. The van der Waals surface area contributed by atoms with Gasteiger partial charge in [0.25, 0.3) is 0 Å². The van der Waals surface area contributed by atoms with E-state index in [4.69, 9.17) is 9.84 Å². The highest BCUT2D eigenvalue weighted by atomic mass is 32.1. The average Bonchev–Trinajstić information content (AvgIpc) is 2.42. The third-order valence-electron chi connectivity index (χ3n) is 1.57. The fourth-order valence-corrected chi connectivity index (χ4v) is 1.89. The second-order valence-corrected chi connectivity index (χ2v) is 5.50. The standard InChI is InChI=1S/C10H16N2O3S/c1-6-11-7(5-13)8(16-6)12-9(14)15-10(2,3)4/h13H,5H2,1-4H3,(H,12,14). The summed E-state index contributed by atoms with van der Waals surface area (Å²) < 4.78 is 5.10. The highest BCUT2D eigenvalue weighted by Crippen LogP contribution is 2.24. The molecule has 16 heavy (non-hydrogen) atoms. The van der Waals surface area contributed by atoms with Gasteiger partial charge in [-0.3, -0.25) is 5.32 Å². The number of amides is 1. The molecule has 0 aliphatic heterocycles. The van der Waals surface area contributed by atoms with Crippen LogP contribution >= 0.6 is 11.3 Å². The highest BCUT2D eigenvalue weighted by Gasteiger charge is 2.18. The number of aromatic nitrogens is 1. The van der Waals surface area contributed by atoms with Crippen molar-refractivity contribution in [2.45, 2.75) is 39.9 Å². The van der Waals surface area contributed by atoms with E-state index in [-0.39, 0.29) is 6.61 Å². The predicted molar refractivity (Wildman–Crippen MR) is 62.6 cm³/mol. The molecule has 2 N–H and O–H groups in total. The topological polar surface area (TPSA) is 71.5 Å². The van der Waals surface area contributed by atoms with Crippen LogP contribution in [0.1, 0.15) is 31.5 Å². The Bertz CT molecular complexity index is 382. The summed E-state index contributed by atoms with van der Waals surface area (Å²) in [6, 6.07) is 0. The van der Waals surface area contributed by atoms with Crippen molar-refractivity contribution in [1.82, 2.24) is 4.98 Å². The maximum atomic E-state index is 11.5. The lowest BCUT2D eigenvalue weighted by molar-refractivity contribution is 0.0636. The third kappa shape index (κ3) is 3.79. The first-order valence-corrected chi connectivity index (χ1v) is 5.70. The minimum atomic E-state index is -0.538.